The number of rotatable bonds is 2. The molecule has 0 amide bonds. The summed E-state index contributed by atoms with van der Waals surface area (Å²) in [6.07, 6.45) is 2.48. The summed E-state index contributed by atoms with van der Waals surface area (Å²) in [5.41, 5.74) is 1.09. The highest BCUT2D eigenvalue weighted by Crippen LogP contribution is 2.18. The van der Waals surface area contributed by atoms with Gasteiger partial charge in [-0.25, -0.2) is 9.97 Å². The molecule has 1 fully saturated rings. The van der Waals surface area contributed by atoms with Crippen molar-refractivity contribution in [2.75, 3.05) is 18.0 Å². The zero-order valence-electron chi connectivity index (χ0n) is 9.98. The molecule has 1 aliphatic rings. The van der Waals surface area contributed by atoms with Gasteiger partial charge < -0.3 is 10.0 Å². The maximum absolute atomic E-state index is 9.47. The number of hydrogen-bond acceptors (Lipinski definition) is 4. The van der Waals surface area contributed by atoms with Crippen molar-refractivity contribution in [2.45, 2.75) is 39.2 Å². The monoisotopic (exact) mass is 221 g/mol. The Morgan fingerprint density at radius 1 is 1.38 bits per heavy atom. The normalized spacial score (nSPS) is 17.8. The van der Waals surface area contributed by atoms with Gasteiger partial charge in [0.05, 0.1) is 6.10 Å². The number of piperidine rings is 1. The Labute approximate surface area is 96.3 Å². The van der Waals surface area contributed by atoms with Gasteiger partial charge in [0.1, 0.15) is 11.6 Å². The molecule has 0 saturated carbocycles. The quantitative estimate of drug-likeness (QED) is 0.818. The van der Waals surface area contributed by atoms with Gasteiger partial charge in [0.2, 0.25) is 0 Å². The molecule has 0 atom stereocenters. The van der Waals surface area contributed by atoms with Crippen molar-refractivity contribution in [1.82, 2.24) is 9.97 Å². The van der Waals surface area contributed by atoms with Crippen molar-refractivity contribution in [3.05, 3.63) is 17.6 Å². The Morgan fingerprint density at radius 2 is 2.06 bits per heavy atom. The molecule has 0 aromatic carbocycles. The minimum Gasteiger partial charge on any atom is -0.393 e. The van der Waals surface area contributed by atoms with E-state index in [2.05, 4.69) is 27.9 Å². The van der Waals surface area contributed by atoms with Crippen molar-refractivity contribution < 1.29 is 5.11 Å². The number of anilines is 1. The third kappa shape index (κ3) is 2.50. The van der Waals surface area contributed by atoms with Crippen LogP contribution in [0.1, 0.15) is 31.3 Å². The molecule has 1 aromatic heterocycles. The minimum absolute atomic E-state index is 0.134. The molecule has 0 radical (unpaired) electrons. The zero-order chi connectivity index (χ0) is 11.5. The largest absolute Gasteiger partial charge is 0.393 e. The molecule has 88 valence electrons. The summed E-state index contributed by atoms with van der Waals surface area (Å²) >= 11 is 0. The molecule has 4 nitrogen and oxygen atoms in total. The van der Waals surface area contributed by atoms with Crippen LogP contribution < -0.4 is 4.90 Å². The topological polar surface area (TPSA) is 49.2 Å². The summed E-state index contributed by atoms with van der Waals surface area (Å²) in [4.78, 5) is 11.1. The van der Waals surface area contributed by atoms with Gasteiger partial charge in [0.15, 0.2) is 0 Å². The average Bonchev–Trinajstić information content (AvgIpc) is 2.29. The van der Waals surface area contributed by atoms with Crippen LogP contribution in [-0.4, -0.2) is 34.3 Å². The lowest BCUT2D eigenvalue weighted by Crippen LogP contribution is -2.36. The summed E-state index contributed by atoms with van der Waals surface area (Å²) in [6, 6.07) is 2.06. The summed E-state index contributed by atoms with van der Waals surface area (Å²) < 4.78 is 0. The van der Waals surface area contributed by atoms with Crippen LogP contribution in [0.3, 0.4) is 0 Å². The van der Waals surface area contributed by atoms with Crippen LogP contribution in [0.5, 0.6) is 0 Å². The highest BCUT2D eigenvalue weighted by atomic mass is 16.3. The van der Waals surface area contributed by atoms with Gasteiger partial charge in [-0.05, 0) is 26.2 Å². The van der Waals surface area contributed by atoms with Gasteiger partial charge in [0.25, 0.3) is 0 Å². The van der Waals surface area contributed by atoms with E-state index in [1.54, 1.807) is 0 Å². The predicted octanol–water partition coefficient (Wildman–Crippen LogP) is 1.31. The van der Waals surface area contributed by atoms with Gasteiger partial charge in [-0.3, -0.25) is 0 Å². The number of nitrogens with zero attached hydrogens (tertiary/aromatic N) is 3. The molecular formula is C12H19N3O. The van der Waals surface area contributed by atoms with Crippen LogP contribution in [-0.2, 0) is 6.42 Å². The van der Waals surface area contributed by atoms with Gasteiger partial charge in [0, 0.05) is 24.8 Å². The van der Waals surface area contributed by atoms with E-state index in [4.69, 9.17) is 0 Å². The van der Waals surface area contributed by atoms with Crippen molar-refractivity contribution in [2.24, 2.45) is 0 Å². The second kappa shape index (κ2) is 4.78. The summed E-state index contributed by atoms with van der Waals surface area (Å²) in [6.45, 7) is 5.81. The molecule has 4 heteroatoms. The number of aryl methyl sites for hydroxylation is 2. The SMILES string of the molecule is CCc1cc(N2CCC(O)CC2)nc(C)n1. The number of hydrogen-bond donors (Lipinski definition) is 1. The first-order valence-corrected chi connectivity index (χ1v) is 5.96. The molecule has 0 spiro atoms. The Morgan fingerprint density at radius 3 is 2.69 bits per heavy atom. The van der Waals surface area contributed by atoms with E-state index >= 15 is 0 Å². The molecule has 0 aliphatic carbocycles. The van der Waals surface area contributed by atoms with E-state index in [1.165, 1.54) is 0 Å². The lowest BCUT2D eigenvalue weighted by molar-refractivity contribution is 0.145. The van der Waals surface area contributed by atoms with Gasteiger partial charge in [-0.1, -0.05) is 6.92 Å². The average molecular weight is 221 g/mol. The Balaban J connectivity index is 2.16. The first-order chi connectivity index (χ1) is 7.69. The first kappa shape index (κ1) is 11.3. The lowest BCUT2D eigenvalue weighted by atomic mass is 10.1. The first-order valence-electron chi connectivity index (χ1n) is 5.96. The van der Waals surface area contributed by atoms with E-state index in [-0.39, 0.29) is 6.10 Å². The number of aromatic nitrogens is 2. The maximum Gasteiger partial charge on any atom is 0.132 e. The third-order valence-electron chi connectivity index (χ3n) is 3.03. The Bertz CT molecular complexity index is 359. The van der Waals surface area contributed by atoms with Crippen LogP contribution >= 0.6 is 0 Å². The van der Waals surface area contributed by atoms with E-state index in [0.717, 1.165) is 49.7 Å². The number of aliphatic hydroxyl groups excluding tert-OH is 1. The molecule has 0 bridgehead atoms. The van der Waals surface area contributed by atoms with Crippen LogP contribution in [0.2, 0.25) is 0 Å². The Kier molecular flexibility index (Phi) is 3.39. The molecule has 16 heavy (non-hydrogen) atoms. The third-order valence-corrected chi connectivity index (χ3v) is 3.03. The zero-order valence-corrected chi connectivity index (χ0v) is 9.98. The van der Waals surface area contributed by atoms with E-state index in [0.29, 0.717) is 0 Å². The highest BCUT2D eigenvalue weighted by Gasteiger charge is 2.18. The smallest absolute Gasteiger partial charge is 0.132 e. The van der Waals surface area contributed by atoms with Crippen molar-refractivity contribution in [3.63, 3.8) is 0 Å². The lowest BCUT2D eigenvalue weighted by Gasteiger charge is -2.30. The molecule has 1 saturated heterocycles. The fourth-order valence-electron chi connectivity index (χ4n) is 2.05. The molecule has 1 aliphatic heterocycles. The van der Waals surface area contributed by atoms with Gasteiger partial charge >= 0.3 is 0 Å². The summed E-state index contributed by atoms with van der Waals surface area (Å²) in [5.74, 6) is 1.84. The van der Waals surface area contributed by atoms with Crippen molar-refractivity contribution in [1.29, 1.82) is 0 Å². The molecule has 1 aromatic rings. The van der Waals surface area contributed by atoms with Crippen LogP contribution in [0.25, 0.3) is 0 Å². The molecule has 1 N–H and O–H groups in total. The fourth-order valence-corrected chi connectivity index (χ4v) is 2.05. The molecule has 2 rings (SSSR count). The molecule has 0 unspecified atom stereocenters. The van der Waals surface area contributed by atoms with Crippen molar-refractivity contribution in [3.8, 4) is 0 Å². The van der Waals surface area contributed by atoms with E-state index in [1.807, 2.05) is 6.92 Å². The minimum atomic E-state index is -0.134. The number of aliphatic hydroxyl groups is 1. The Hall–Kier alpha value is -1.16. The molecule has 2 heterocycles. The van der Waals surface area contributed by atoms with Gasteiger partial charge in [-0.2, -0.15) is 0 Å². The fraction of sp³-hybridized carbons (Fsp3) is 0.667. The second-order valence-corrected chi connectivity index (χ2v) is 4.34. The summed E-state index contributed by atoms with van der Waals surface area (Å²) in [5, 5.41) is 9.47. The van der Waals surface area contributed by atoms with E-state index < -0.39 is 0 Å². The second-order valence-electron chi connectivity index (χ2n) is 4.34. The van der Waals surface area contributed by atoms with Crippen molar-refractivity contribution >= 4 is 5.82 Å². The van der Waals surface area contributed by atoms with E-state index in [9.17, 15) is 5.11 Å². The van der Waals surface area contributed by atoms with Crippen LogP contribution in [0.4, 0.5) is 5.82 Å². The van der Waals surface area contributed by atoms with Crippen LogP contribution in [0, 0.1) is 6.92 Å². The predicted molar refractivity (Wildman–Crippen MR) is 63.6 cm³/mol. The maximum atomic E-state index is 9.47. The molecular weight excluding hydrogens is 202 g/mol. The standard InChI is InChI=1S/C12H19N3O/c1-3-10-8-12(14-9(2)13-10)15-6-4-11(16)5-7-15/h8,11,16H,3-7H2,1-2H3. The van der Waals surface area contributed by atoms with Gasteiger partial charge in [-0.15, -0.1) is 0 Å². The highest BCUT2D eigenvalue weighted by molar-refractivity contribution is 5.40. The summed E-state index contributed by atoms with van der Waals surface area (Å²) in [7, 11) is 0. The van der Waals surface area contributed by atoms with Crippen LogP contribution in [0.15, 0.2) is 6.07 Å².